The zero-order valence-corrected chi connectivity index (χ0v) is 16.3. The van der Waals surface area contributed by atoms with Gasteiger partial charge in [-0.3, -0.25) is 0 Å². The molecule has 156 valence electrons. The van der Waals surface area contributed by atoms with Crippen molar-refractivity contribution >= 4 is 0 Å². The second-order valence-electron chi connectivity index (χ2n) is 7.64. The normalized spacial score (nSPS) is 31.2. The summed E-state index contributed by atoms with van der Waals surface area (Å²) in [6.45, 7) is 6.20. The molecule has 1 saturated heterocycles. The van der Waals surface area contributed by atoms with Gasteiger partial charge in [-0.2, -0.15) is 0 Å². The van der Waals surface area contributed by atoms with E-state index >= 15 is 0 Å². The Bertz CT molecular complexity index is 375. The molecule has 0 aromatic carbocycles. The third-order valence-electron chi connectivity index (χ3n) is 5.06. The van der Waals surface area contributed by atoms with Gasteiger partial charge in [0.05, 0.1) is 33.4 Å². The molecule has 0 saturated carbocycles. The highest BCUT2D eigenvalue weighted by Gasteiger charge is 2.44. The van der Waals surface area contributed by atoms with Crippen molar-refractivity contribution in [1.29, 1.82) is 0 Å². The van der Waals surface area contributed by atoms with Gasteiger partial charge in [0.25, 0.3) is 0 Å². The number of unbranched alkanes of at least 4 members (excludes halogenated alkanes) is 2. The van der Waals surface area contributed by atoms with Crippen molar-refractivity contribution in [2.45, 2.75) is 76.3 Å². The van der Waals surface area contributed by atoms with Gasteiger partial charge >= 0.3 is 0 Å². The molecule has 0 bridgehead atoms. The van der Waals surface area contributed by atoms with Crippen LogP contribution in [0.15, 0.2) is 0 Å². The van der Waals surface area contributed by atoms with Crippen molar-refractivity contribution < 1.29 is 39.5 Å². The molecular formula is C18H38NO7+. The molecule has 5 N–H and O–H groups in total. The molecule has 6 atom stereocenters. The number of nitrogens with zero attached hydrogens (tertiary/aromatic N) is 1. The molecule has 8 heteroatoms. The van der Waals surface area contributed by atoms with Crippen LogP contribution in [0.1, 0.15) is 39.5 Å². The maximum absolute atomic E-state index is 10.4. The van der Waals surface area contributed by atoms with E-state index in [0.29, 0.717) is 6.54 Å². The number of likely N-dealkylation sites (N-methyl/N-ethyl adjacent to an activating group) is 1. The Hall–Kier alpha value is -0.320. The Labute approximate surface area is 156 Å². The molecule has 1 rings (SSSR count). The van der Waals surface area contributed by atoms with E-state index in [-0.39, 0.29) is 6.61 Å². The molecule has 1 heterocycles. The summed E-state index contributed by atoms with van der Waals surface area (Å²) in [4.78, 5) is 0. The zero-order chi connectivity index (χ0) is 19.7. The number of hydrogen-bond acceptors (Lipinski definition) is 7. The van der Waals surface area contributed by atoms with Gasteiger partial charge in [-0.25, -0.2) is 0 Å². The fourth-order valence-electron chi connectivity index (χ4n) is 3.35. The van der Waals surface area contributed by atoms with Crippen molar-refractivity contribution in [3.05, 3.63) is 0 Å². The lowest BCUT2D eigenvalue weighted by atomic mass is 9.99. The molecule has 0 aromatic heterocycles. The lowest BCUT2D eigenvalue weighted by Crippen LogP contribution is -2.59. The highest BCUT2D eigenvalue weighted by molar-refractivity contribution is 4.88. The minimum atomic E-state index is -1.47. The first kappa shape index (κ1) is 23.7. The number of aliphatic hydroxyl groups is 5. The first-order valence-electron chi connectivity index (χ1n) is 9.71. The zero-order valence-electron chi connectivity index (χ0n) is 16.3. The maximum Gasteiger partial charge on any atom is 0.186 e. The summed E-state index contributed by atoms with van der Waals surface area (Å²) in [6.07, 6.45) is -2.94. The van der Waals surface area contributed by atoms with E-state index in [0.717, 1.165) is 43.3 Å². The molecule has 0 aromatic rings. The van der Waals surface area contributed by atoms with Crippen LogP contribution in [-0.2, 0) is 9.47 Å². The lowest BCUT2D eigenvalue weighted by molar-refractivity contribution is -0.913. The smallest absolute Gasteiger partial charge is 0.186 e. The number of aliphatic hydroxyl groups excluding tert-OH is 5. The average molecular weight is 381 g/mol. The summed E-state index contributed by atoms with van der Waals surface area (Å²) < 4.78 is 11.5. The molecule has 8 nitrogen and oxygen atoms in total. The molecule has 1 aliphatic rings. The monoisotopic (exact) mass is 380 g/mol. The number of hydrogen-bond donors (Lipinski definition) is 5. The quantitative estimate of drug-likeness (QED) is 0.282. The van der Waals surface area contributed by atoms with Crippen molar-refractivity contribution in [1.82, 2.24) is 0 Å². The summed E-state index contributed by atoms with van der Waals surface area (Å²) in [5, 5.41) is 49.1. The average Bonchev–Trinajstić information content (AvgIpc) is 2.62. The van der Waals surface area contributed by atoms with Crippen molar-refractivity contribution in [3.8, 4) is 0 Å². The molecule has 0 aliphatic carbocycles. The highest BCUT2D eigenvalue weighted by atomic mass is 16.7. The Kier molecular flexibility index (Phi) is 10.5. The van der Waals surface area contributed by atoms with Gasteiger partial charge in [0.15, 0.2) is 6.29 Å². The Morgan fingerprint density at radius 3 is 2.08 bits per heavy atom. The van der Waals surface area contributed by atoms with Crippen LogP contribution in [0, 0.1) is 0 Å². The third kappa shape index (κ3) is 7.01. The number of quaternary nitrogens is 1. The Morgan fingerprint density at radius 1 is 1.00 bits per heavy atom. The molecule has 1 unspecified atom stereocenters. The minimum absolute atomic E-state index is 0.0607. The summed E-state index contributed by atoms with van der Waals surface area (Å²) in [6, 6.07) is 0. The van der Waals surface area contributed by atoms with Gasteiger partial charge in [-0.15, -0.1) is 0 Å². The molecule has 0 amide bonds. The van der Waals surface area contributed by atoms with E-state index in [1.807, 2.05) is 0 Å². The molecule has 1 fully saturated rings. The summed E-state index contributed by atoms with van der Waals surface area (Å²) in [7, 11) is 2.13. The van der Waals surface area contributed by atoms with E-state index in [1.54, 1.807) is 0 Å². The summed E-state index contributed by atoms with van der Waals surface area (Å²) in [5.74, 6) is 0. The van der Waals surface area contributed by atoms with Gasteiger partial charge in [0.1, 0.15) is 37.1 Å². The Balaban J connectivity index is 2.56. The molecule has 1 aliphatic heterocycles. The van der Waals surface area contributed by atoms with E-state index in [4.69, 9.17) is 9.47 Å². The largest absolute Gasteiger partial charge is 0.394 e. The van der Waals surface area contributed by atoms with Crippen LogP contribution >= 0.6 is 0 Å². The topological polar surface area (TPSA) is 120 Å². The van der Waals surface area contributed by atoms with Crippen molar-refractivity contribution in [2.24, 2.45) is 0 Å². The predicted molar refractivity (Wildman–Crippen MR) is 96.3 cm³/mol. The number of ether oxygens (including phenoxy) is 2. The second kappa shape index (κ2) is 11.5. The van der Waals surface area contributed by atoms with Gasteiger partial charge < -0.3 is 39.5 Å². The fraction of sp³-hybridized carbons (Fsp3) is 1.00. The van der Waals surface area contributed by atoms with Gasteiger partial charge in [0, 0.05) is 0 Å². The predicted octanol–water partition coefficient (Wildman–Crippen LogP) is -0.789. The molecule has 26 heavy (non-hydrogen) atoms. The second-order valence-corrected chi connectivity index (χ2v) is 7.64. The van der Waals surface area contributed by atoms with Crippen molar-refractivity contribution in [3.63, 3.8) is 0 Å². The van der Waals surface area contributed by atoms with Crippen LogP contribution in [0.2, 0.25) is 0 Å². The van der Waals surface area contributed by atoms with E-state index in [2.05, 4.69) is 20.9 Å². The van der Waals surface area contributed by atoms with Crippen LogP contribution in [-0.4, -0.2) is 107 Å². The SMILES string of the molecule is CCCC[N+](C)(CCCC)CC(O)CO[C@H]1O[C@H](CO)[C@H](O)[C@H](O)[C@H]1O. The highest BCUT2D eigenvalue weighted by Crippen LogP contribution is 2.22. The van der Waals surface area contributed by atoms with E-state index < -0.39 is 43.4 Å². The lowest BCUT2D eigenvalue weighted by Gasteiger charge is -2.40. The minimum Gasteiger partial charge on any atom is -0.394 e. The number of rotatable bonds is 12. The van der Waals surface area contributed by atoms with Crippen LogP contribution < -0.4 is 0 Å². The van der Waals surface area contributed by atoms with E-state index in [1.165, 1.54) is 0 Å². The van der Waals surface area contributed by atoms with Crippen LogP contribution in [0.3, 0.4) is 0 Å². The molecule has 0 spiro atoms. The fourth-order valence-corrected chi connectivity index (χ4v) is 3.35. The first-order chi connectivity index (χ1) is 12.3. The van der Waals surface area contributed by atoms with Gasteiger partial charge in [-0.1, -0.05) is 26.7 Å². The third-order valence-corrected chi connectivity index (χ3v) is 5.06. The molecular weight excluding hydrogens is 342 g/mol. The van der Waals surface area contributed by atoms with Crippen LogP contribution in [0.4, 0.5) is 0 Å². The maximum atomic E-state index is 10.4. The summed E-state index contributed by atoms with van der Waals surface area (Å²) >= 11 is 0. The molecule has 0 radical (unpaired) electrons. The first-order valence-corrected chi connectivity index (χ1v) is 9.71. The van der Waals surface area contributed by atoms with Crippen molar-refractivity contribution in [2.75, 3.05) is 39.9 Å². The summed E-state index contributed by atoms with van der Waals surface area (Å²) in [5.41, 5.74) is 0. The van der Waals surface area contributed by atoms with E-state index in [9.17, 15) is 25.5 Å². The van der Waals surface area contributed by atoms with Crippen LogP contribution in [0.25, 0.3) is 0 Å². The standard InChI is InChI=1S/C18H38NO7/c1-4-6-8-19(3,9-7-5-2)10-13(21)12-25-18-17(24)16(23)15(22)14(11-20)26-18/h13-18,20-24H,4-12H2,1-3H3/q+1/t13?,14-,15+,16+,17-,18+/m1/s1. The van der Waals surface area contributed by atoms with Crippen LogP contribution in [0.5, 0.6) is 0 Å². The van der Waals surface area contributed by atoms with Gasteiger partial charge in [0.2, 0.25) is 0 Å². The van der Waals surface area contributed by atoms with Gasteiger partial charge in [-0.05, 0) is 12.8 Å². The Morgan fingerprint density at radius 2 is 1.58 bits per heavy atom.